The molecule has 3 rings (SSSR count). The highest BCUT2D eigenvalue weighted by atomic mass is 35.5. The van der Waals surface area contributed by atoms with Crippen LogP contribution in [0.3, 0.4) is 0 Å². The summed E-state index contributed by atoms with van der Waals surface area (Å²) in [5.41, 5.74) is 2.42. The minimum Gasteiger partial charge on any atom is -0.298 e. The number of carbonyl (C=O) groups excluding carboxylic acids is 1. The molecule has 3 nitrogen and oxygen atoms in total. The lowest BCUT2D eigenvalue weighted by Gasteiger charge is -2.00. The van der Waals surface area contributed by atoms with Gasteiger partial charge in [-0.25, -0.2) is 4.98 Å². The van der Waals surface area contributed by atoms with Crippen LogP contribution in [0.4, 0.5) is 5.13 Å². The maximum Gasteiger partial charge on any atom is 0.257 e. The van der Waals surface area contributed by atoms with Crippen LogP contribution in [0, 0.1) is 6.92 Å². The number of rotatable bonds is 2. The first-order valence-corrected chi connectivity index (χ1v) is 7.26. The Hall–Kier alpha value is -1.91. The molecular weight excluding hydrogens is 292 g/mol. The first-order chi connectivity index (χ1) is 9.63. The Labute approximate surface area is 125 Å². The third-order valence-corrected chi connectivity index (χ3v) is 4.27. The Morgan fingerprint density at radius 3 is 2.75 bits per heavy atom. The topological polar surface area (TPSA) is 42.0 Å². The smallest absolute Gasteiger partial charge is 0.257 e. The molecule has 0 spiro atoms. The number of aromatic nitrogens is 1. The molecular formula is C15H11ClN2OS. The zero-order chi connectivity index (χ0) is 14.1. The van der Waals surface area contributed by atoms with Gasteiger partial charge in [0.25, 0.3) is 5.91 Å². The fourth-order valence-electron chi connectivity index (χ4n) is 1.86. The van der Waals surface area contributed by atoms with Gasteiger partial charge < -0.3 is 0 Å². The lowest BCUT2D eigenvalue weighted by atomic mass is 10.2. The van der Waals surface area contributed by atoms with E-state index in [0.717, 1.165) is 15.8 Å². The van der Waals surface area contributed by atoms with Crippen molar-refractivity contribution in [3.8, 4) is 0 Å². The number of hydrogen-bond donors (Lipinski definition) is 1. The van der Waals surface area contributed by atoms with Crippen molar-refractivity contribution in [2.45, 2.75) is 6.92 Å². The Morgan fingerprint density at radius 2 is 2.00 bits per heavy atom. The summed E-state index contributed by atoms with van der Waals surface area (Å²) < 4.78 is 1.01. The van der Waals surface area contributed by atoms with Gasteiger partial charge in [0.2, 0.25) is 0 Å². The number of thiazole rings is 1. The van der Waals surface area contributed by atoms with Gasteiger partial charge in [-0.1, -0.05) is 41.1 Å². The van der Waals surface area contributed by atoms with E-state index in [9.17, 15) is 4.79 Å². The van der Waals surface area contributed by atoms with E-state index in [4.69, 9.17) is 11.6 Å². The van der Waals surface area contributed by atoms with E-state index < -0.39 is 0 Å². The molecule has 1 N–H and O–H groups in total. The van der Waals surface area contributed by atoms with E-state index in [2.05, 4.69) is 10.3 Å². The average Bonchev–Trinajstić information content (AvgIpc) is 2.81. The molecule has 0 saturated carbocycles. The van der Waals surface area contributed by atoms with Crippen LogP contribution >= 0.6 is 22.9 Å². The normalized spacial score (nSPS) is 10.7. The van der Waals surface area contributed by atoms with Gasteiger partial charge in [-0.3, -0.25) is 10.1 Å². The molecule has 0 aliphatic heterocycles. The van der Waals surface area contributed by atoms with Gasteiger partial charge in [-0.15, -0.1) is 0 Å². The molecule has 0 radical (unpaired) electrons. The van der Waals surface area contributed by atoms with Gasteiger partial charge in [-0.2, -0.15) is 0 Å². The van der Waals surface area contributed by atoms with Gasteiger partial charge in [0.15, 0.2) is 5.13 Å². The zero-order valence-electron chi connectivity index (χ0n) is 10.7. The number of aryl methyl sites for hydroxylation is 1. The first-order valence-electron chi connectivity index (χ1n) is 6.06. The zero-order valence-corrected chi connectivity index (χ0v) is 12.3. The standard InChI is InChI=1S/C15H11ClN2OS/c1-9-7-13-12(8-11(9)16)17-15(20-13)18-14(19)10-5-3-2-4-6-10/h2-8H,1H3,(H,17,18,19). The molecule has 20 heavy (non-hydrogen) atoms. The number of amides is 1. The lowest BCUT2D eigenvalue weighted by Crippen LogP contribution is -2.11. The highest BCUT2D eigenvalue weighted by Crippen LogP contribution is 2.30. The minimum absolute atomic E-state index is 0.160. The molecule has 5 heteroatoms. The SMILES string of the molecule is Cc1cc2sc(NC(=O)c3ccccc3)nc2cc1Cl. The van der Waals surface area contributed by atoms with Crippen molar-refractivity contribution in [3.05, 3.63) is 58.6 Å². The number of halogens is 1. The van der Waals surface area contributed by atoms with Gasteiger partial charge >= 0.3 is 0 Å². The predicted molar refractivity (Wildman–Crippen MR) is 83.8 cm³/mol. The Bertz CT molecular complexity index is 744. The maximum absolute atomic E-state index is 12.1. The Morgan fingerprint density at radius 1 is 1.25 bits per heavy atom. The summed E-state index contributed by atoms with van der Waals surface area (Å²) in [6, 6.07) is 12.9. The van der Waals surface area contributed by atoms with Crippen LogP contribution < -0.4 is 5.32 Å². The number of nitrogens with one attached hydrogen (secondary N) is 1. The van der Waals surface area contributed by atoms with E-state index in [1.54, 1.807) is 12.1 Å². The van der Waals surface area contributed by atoms with Gasteiger partial charge in [0, 0.05) is 10.6 Å². The summed E-state index contributed by atoms with van der Waals surface area (Å²) in [4.78, 5) is 16.4. The summed E-state index contributed by atoms with van der Waals surface area (Å²) in [5, 5.41) is 4.08. The van der Waals surface area contributed by atoms with Crippen LogP contribution in [0.5, 0.6) is 0 Å². The molecule has 1 heterocycles. The predicted octanol–water partition coefficient (Wildman–Crippen LogP) is 4.51. The second kappa shape index (κ2) is 5.23. The molecule has 1 aromatic heterocycles. The van der Waals surface area contributed by atoms with Crippen molar-refractivity contribution in [1.82, 2.24) is 4.98 Å². The third kappa shape index (κ3) is 2.53. The summed E-state index contributed by atoms with van der Waals surface area (Å²) in [6.07, 6.45) is 0. The molecule has 0 bridgehead atoms. The summed E-state index contributed by atoms with van der Waals surface area (Å²) >= 11 is 7.52. The Kier molecular flexibility index (Phi) is 3.42. The van der Waals surface area contributed by atoms with E-state index in [1.165, 1.54) is 11.3 Å². The van der Waals surface area contributed by atoms with Crippen LogP contribution in [0.1, 0.15) is 15.9 Å². The van der Waals surface area contributed by atoms with E-state index in [1.807, 2.05) is 37.3 Å². The molecule has 0 saturated heterocycles. The van der Waals surface area contributed by atoms with Gasteiger partial charge in [-0.05, 0) is 36.8 Å². The number of benzene rings is 2. The highest BCUT2D eigenvalue weighted by molar-refractivity contribution is 7.22. The number of hydrogen-bond acceptors (Lipinski definition) is 3. The highest BCUT2D eigenvalue weighted by Gasteiger charge is 2.10. The number of nitrogens with zero attached hydrogens (tertiary/aromatic N) is 1. The van der Waals surface area contributed by atoms with Crippen LogP contribution in [-0.2, 0) is 0 Å². The van der Waals surface area contributed by atoms with E-state index >= 15 is 0 Å². The molecule has 0 aliphatic carbocycles. The molecule has 1 amide bonds. The van der Waals surface area contributed by atoms with Gasteiger partial charge in [0.05, 0.1) is 10.2 Å². The molecule has 0 aliphatic rings. The molecule has 0 unspecified atom stereocenters. The summed E-state index contributed by atoms with van der Waals surface area (Å²) in [6.45, 7) is 1.95. The Balaban J connectivity index is 1.90. The van der Waals surface area contributed by atoms with E-state index in [0.29, 0.717) is 15.7 Å². The number of anilines is 1. The molecule has 2 aromatic carbocycles. The van der Waals surface area contributed by atoms with Crippen LogP contribution in [-0.4, -0.2) is 10.9 Å². The quantitative estimate of drug-likeness (QED) is 0.756. The summed E-state index contributed by atoms with van der Waals surface area (Å²) in [5.74, 6) is -0.160. The number of carbonyl (C=O) groups is 1. The van der Waals surface area contributed by atoms with Crippen molar-refractivity contribution >= 4 is 44.2 Å². The maximum atomic E-state index is 12.1. The molecule has 100 valence electrons. The monoisotopic (exact) mass is 302 g/mol. The molecule has 3 aromatic rings. The lowest BCUT2D eigenvalue weighted by molar-refractivity contribution is 0.102. The van der Waals surface area contributed by atoms with Gasteiger partial charge in [0.1, 0.15) is 0 Å². The fraction of sp³-hybridized carbons (Fsp3) is 0.0667. The van der Waals surface area contributed by atoms with Crippen LogP contribution in [0.25, 0.3) is 10.2 Å². The molecule has 0 atom stereocenters. The van der Waals surface area contributed by atoms with Crippen molar-refractivity contribution in [1.29, 1.82) is 0 Å². The minimum atomic E-state index is -0.160. The second-order valence-corrected chi connectivity index (χ2v) is 5.85. The van der Waals surface area contributed by atoms with E-state index in [-0.39, 0.29) is 5.91 Å². The average molecular weight is 303 g/mol. The van der Waals surface area contributed by atoms with Crippen molar-refractivity contribution in [2.75, 3.05) is 5.32 Å². The van der Waals surface area contributed by atoms with Crippen molar-refractivity contribution in [2.24, 2.45) is 0 Å². The van der Waals surface area contributed by atoms with Crippen LogP contribution in [0.2, 0.25) is 5.02 Å². The second-order valence-electron chi connectivity index (χ2n) is 4.41. The van der Waals surface area contributed by atoms with Crippen LogP contribution in [0.15, 0.2) is 42.5 Å². The fourth-order valence-corrected chi connectivity index (χ4v) is 2.96. The summed E-state index contributed by atoms with van der Waals surface area (Å²) in [7, 11) is 0. The third-order valence-electron chi connectivity index (χ3n) is 2.93. The van der Waals surface area contributed by atoms with Crippen molar-refractivity contribution in [3.63, 3.8) is 0 Å². The number of fused-ring (bicyclic) bond motifs is 1. The van der Waals surface area contributed by atoms with Crippen molar-refractivity contribution < 1.29 is 4.79 Å². The first kappa shape index (κ1) is 13.1. The largest absolute Gasteiger partial charge is 0.298 e. The molecule has 0 fully saturated rings.